The van der Waals surface area contributed by atoms with E-state index in [4.69, 9.17) is 0 Å². The van der Waals surface area contributed by atoms with Crippen molar-refractivity contribution in [1.82, 2.24) is 9.80 Å². The summed E-state index contributed by atoms with van der Waals surface area (Å²) in [6.45, 7) is 6.93. The first-order chi connectivity index (χ1) is 9.48. The summed E-state index contributed by atoms with van der Waals surface area (Å²) in [5.41, 5.74) is 1.85. The fourth-order valence-electron chi connectivity index (χ4n) is 2.19. The minimum absolute atomic E-state index is 0.0933. The van der Waals surface area contributed by atoms with Gasteiger partial charge in [0.15, 0.2) is 0 Å². The van der Waals surface area contributed by atoms with Gasteiger partial charge < -0.3 is 4.90 Å². The first kappa shape index (κ1) is 15.3. The quantitative estimate of drug-likeness (QED) is 0.887. The summed E-state index contributed by atoms with van der Waals surface area (Å²) < 4.78 is 25.5. The summed E-state index contributed by atoms with van der Waals surface area (Å²) >= 11 is 0. The van der Waals surface area contributed by atoms with Gasteiger partial charge in [0, 0.05) is 38.4 Å². The Labute approximate surface area is 121 Å². The lowest BCUT2D eigenvalue weighted by Crippen LogP contribution is -2.43. The van der Waals surface area contributed by atoms with Crippen LogP contribution in [-0.2, 0) is 16.6 Å². The molecule has 0 atom stereocenters. The zero-order valence-corrected chi connectivity index (χ0v) is 13.0. The Kier molecular flexibility index (Phi) is 5.01. The number of sulfonamides is 1. The largest absolute Gasteiger partial charge is 0.304 e. The van der Waals surface area contributed by atoms with Crippen molar-refractivity contribution < 1.29 is 8.42 Å². The molecular formula is C14H23N3O2S. The lowest BCUT2D eigenvalue weighted by atomic mass is 10.2. The molecule has 1 fully saturated rings. The number of nitrogens with zero attached hydrogens (tertiary/aromatic N) is 2. The standard InChI is InChI=1S/C14H23N3O2S/c1-3-20(18,19)15-14-6-4-13(5-7-14)12-17-10-8-16(2)9-11-17/h4-7,15H,3,8-12H2,1-2H3. The molecule has 0 aromatic heterocycles. The minimum Gasteiger partial charge on any atom is -0.304 e. The maximum absolute atomic E-state index is 11.5. The molecule has 1 saturated heterocycles. The summed E-state index contributed by atoms with van der Waals surface area (Å²) in [4.78, 5) is 4.75. The molecule has 1 aliphatic heterocycles. The van der Waals surface area contributed by atoms with E-state index < -0.39 is 10.0 Å². The molecule has 0 radical (unpaired) electrons. The van der Waals surface area contributed by atoms with Gasteiger partial charge in [0.2, 0.25) is 10.0 Å². The summed E-state index contributed by atoms with van der Waals surface area (Å²) in [7, 11) is -1.04. The molecule has 0 bridgehead atoms. The number of hydrogen-bond donors (Lipinski definition) is 1. The van der Waals surface area contributed by atoms with Gasteiger partial charge in [-0.3, -0.25) is 9.62 Å². The van der Waals surface area contributed by atoms with Crippen LogP contribution >= 0.6 is 0 Å². The molecule has 1 aliphatic rings. The maximum Gasteiger partial charge on any atom is 0.232 e. The summed E-state index contributed by atoms with van der Waals surface area (Å²) in [6.07, 6.45) is 0. The molecule has 1 heterocycles. The van der Waals surface area contributed by atoms with Crippen LogP contribution in [-0.4, -0.2) is 57.2 Å². The second-order valence-corrected chi connectivity index (χ2v) is 7.29. The predicted molar refractivity (Wildman–Crippen MR) is 82.3 cm³/mol. The van der Waals surface area contributed by atoms with E-state index in [0.717, 1.165) is 32.7 Å². The summed E-state index contributed by atoms with van der Waals surface area (Å²) in [5.74, 6) is 0.0933. The van der Waals surface area contributed by atoms with E-state index in [9.17, 15) is 8.42 Å². The van der Waals surface area contributed by atoms with Gasteiger partial charge in [-0.05, 0) is 31.7 Å². The second-order valence-electron chi connectivity index (χ2n) is 5.28. The van der Waals surface area contributed by atoms with Gasteiger partial charge in [-0.2, -0.15) is 0 Å². The molecule has 0 amide bonds. The molecule has 2 rings (SSSR count). The highest BCUT2D eigenvalue weighted by molar-refractivity contribution is 7.92. The van der Waals surface area contributed by atoms with Crippen molar-refractivity contribution in [1.29, 1.82) is 0 Å². The third-order valence-electron chi connectivity index (χ3n) is 3.61. The van der Waals surface area contributed by atoms with Crippen LogP contribution in [0.15, 0.2) is 24.3 Å². The highest BCUT2D eigenvalue weighted by Gasteiger charge is 2.13. The average molecular weight is 297 g/mol. The van der Waals surface area contributed by atoms with Gasteiger partial charge in [-0.25, -0.2) is 8.42 Å². The lowest BCUT2D eigenvalue weighted by Gasteiger charge is -2.32. The van der Waals surface area contributed by atoms with Gasteiger partial charge in [-0.15, -0.1) is 0 Å². The number of piperazine rings is 1. The summed E-state index contributed by atoms with van der Waals surface area (Å²) in [6, 6.07) is 7.65. The Hall–Kier alpha value is -1.11. The van der Waals surface area contributed by atoms with Crippen molar-refractivity contribution >= 4 is 15.7 Å². The molecular weight excluding hydrogens is 274 g/mol. The Morgan fingerprint density at radius 2 is 1.70 bits per heavy atom. The Morgan fingerprint density at radius 1 is 1.10 bits per heavy atom. The van der Waals surface area contributed by atoms with Gasteiger partial charge in [0.25, 0.3) is 0 Å². The number of likely N-dealkylation sites (N-methyl/N-ethyl adjacent to an activating group) is 1. The van der Waals surface area contributed by atoms with Crippen molar-refractivity contribution in [3.8, 4) is 0 Å². The third-order valence-corrected chi connectivity index (χ3v) is 4.92. The smallest absolute Gasteiger partial charge is 0.232 e. The van der Waals surface area contributed by atoms with Crippen LogP contribution in [0, 0.1) is 0 Å². The topological polar surface area (TPSA) is 52.7 Å². The van der Waals surface area contributed by atoms with Crippen LogP contribution in [0.2, 0.25) is 0 Å². The van der Waals surface area contributed by atoms with Crippen molar-refractivity contribution in [2.45, 2.75) is 13.5 Å². The van der Waals surface area contributed by atoms with E-state index in [1.165, 1.54) is 5.56 Å². The minimum atomic E-state index is -3.18. The highest BCUT2D eigenvalue weighted by atomic mass is 32.2. The van der Waals surface area contributed by atoms with Gasteiger partial charge in [-0.1, -0.05) is 12.1 Å². The predicted octanol–water partition coefficient (Wildman–Crippen LogP) is 1.20. The number of rotatable bonds is 5. The highest BCUT2D eigenvalue weighted by Crippen LogP contribution is 2.14. The molecule has 0 unspecified atom stereocenters. The number of hydrogen-bond acceptors (Lipinski definition) is 4. The normalized spacial score (nSPS) is 18.1. The van der Waals surface area contributed by atoms with Crippen molar-refractivity contribution in [2.24, 2.45) is 0 Å². The Balaban J connectivity index is 1.91. The van der Waals surface area contributed by atoms with E-state index in [2.05, 4.69) is 21.6 Å². The van der Waals surface area contributed by atoms with Crippen LogP contribution in [0.3, 0.4) is 0 Å². The van der Waals surface area contributed by atoms with Crippen molar-refractivity contribution in [3.05, 3.63) is 29.8 Å². The molecule has 5 nitrogen and oxygen atoms in total. The molecule has 1 aromatic rings. The molecule has 0 spiro atoms. The van der Waals surface area contributed by atoms with Crippen LogP contribution in [0.25, 0.3) is 0 Å². The zero-order valence-electron chi connectivity index (χ0n) is 12.2. The molecule has 0 aliphatic carbocycles. The Bertz CT molecular complexity index is 520. The third kappa shape index (κ3) is 4.47. The van der Waals surface area contributed by atoms with Crippen LogP contribution in [0.4, 0.5) is 5.69 Å². The van der Waals surface area contributed by atoms with E-state index >= 15 is 0 Å². The first-order valence-corrected chi connectivity index (χ1v) is 8.64. The number of anilines is 1. The van der Waals surface area contributed by atoms with E-state index in [1.54, 1.807) is 6.92 Å². The van der Waals surface area contributed by atoms with Crippen molar-refractivity contribution in [3.63, 3.8) is 0 Å². The zero-order chi connectivity index (χ0) is 14.6. The van der Waals surface area contributed by atoms with Crippen LogP contribution in [0.1, 0.15) is 12.5 Å². The lowest BCUT2D eigenvalue weighted by molar-refractivity contribution is 0.148. The average Bonchev–Trinajstić information content (AvgIpc) is 2.43. The molecule has 1 N–H and O–H groups in total. The van der Waals surface area contributed by atoms with Crippen LogP contribution in [0.5, 0.6) is 0 Å². The summed E-state index contributed by atoms with van der Waals surface area (Å²) in [5, 5.41) is 0. The molecule has 6 heteroatoms. The maximum atomic E-state index is 11.5. The van der Waals surface area contributed by atoms with E-state index in [1.807, 2.05) is 24.3 Å². The van der Waals surface area contributed by atoms with E-state index in [0.29, 0.717) is 5.69 Å². The second kappa shape index (κ2) is 6.56. The fraction of sp³-hybridized carbons (Fsp3) is 0.571. The first-order valence-electron chi connectivity index (χ1n) is 6.99. The van der Waals surface area contributed by atoms with Crippen molar-refractivity contribution in [2.75, 3.05) is 43.7 Å². The Morgan fingerprint density at radius 3 is 2.25 bits per heavy atom. The van der Waals surface area contributed by atoms with Gasteiger partial charge in [0.05, 0.1) is 5.75 Å². The fourth-order valence-corrected chi connectivity index (χ4v) is 2.83. The van der Waals surface area contributed by atoms with Gasteiger partial charge >= 0.3 is 0 Å². The molecule has 112 valence electrons. The SMILES string of the molecule is CCS(=O)(=O)Nc1ccc(CN2CCN(C)CC2)cc1. The van der Waals surface area contributed by atoms with Gasteiger partial charge in [0.1, 0.15) is 0 Å². The number of nitrogens with one attached hydrogen (secondary N) is 1. The molecule has 20 heavy (non-hydrogen) atoms. The van der Waals surface area contributed by atoms with Crippen LogP contribution < -0.4 is 4.72 Å². The monoisotopic (exact) mass is 297 g/mol. The number of benzene rings is 1. The van der Waals surface area contributed by atoms with E-state index in [-0.39, 0.29) is 5.75 Å². The molecule has 0 saturated carbocycles. The molecule has 1 aromatic carbocycles.